The quantitative estimate of drug-likeness (QED) is 0.819. The molecule has 0 heterocycles. The van der Waals surface area contributed by atoms with E-state index in [2.05, 4.69) is 45.1 Å². The van der Waals surface area contributed by atoms with E-state index in [1.54, 1.807) is 7.11 Å². The average molecular weight is 265 g/mol. The molecule has 3 heteroatoms. The second kappa shape index (κ2) is 7.51. The molecule has 0 bridgehead atoms. The van der Waals surface area contributed by atoms with Crippen molar-refractivity contribution in [2.75, 3.05) is 20.3 Å². The predicted molar refractivity (Wildman–Crippen MR) is 80.0 cm³/mol. The maximum atomic E-state index is 5.77. The SMILES string of the molecule is CCNC(c1cc(C)c(OC)cc1C)C(C)OCC. The lowest BCUT2D eigenvalue weighted by Crippen LogP contribution is -2.32. The molecule has 0 aliphatic rings. The molecule has 2 atom stereocenters. The van der Waals surface area contributed by atoms with E-state index in [1.807, 2.05) is 6.92 Å². The minimum absolute atomic E-state index is 0.149. The molecule has 2 unspecified atom stereocenters. The van der Waals surface area contributed by atoms with Crippen LogP contribution in [0.1, 0.15) is 43.5 Å². The fraction of sp³-hybridized carbons (Fsp3) is 0.625. The number of nitrogens with one attached hydrogen (secondary N) is 1. The first-order valence-electron chi connectivity index (χ1n) is 7.05. The highest BCUT2D eigenvalue weighted by molar-refractivity contribution is 5.43. The normalized spacial score (nSPS) is 14.2. The van der Waals surface area contributed by atoms with Crippen LogP contribution in [0.3, 0.4) is 0 Å². The first-order valence-corrected chi connectivity index (χ1v) is 7.05. The zero-order valence-corrected chi connectivity index (χ0v) is 13.0. The summed E-state index contributed by atoms with van der Waals surface area (Å²) < 4.78 is 11.1. The van der Waals surface area contributed by atoms with Crippen molar-refractivity contribution in [3.63, 3.8) is 0 Å². The third-order valence-electron chi connectivity index (χ3n) is 3.44. The smallest absolute Gasteiger partial charge is 0.122 e. The Morgan fingerprint density at radius 3 is 2.37 bits per heavy atom. The van der Waals surface area contributed by atoms with Crippen LogP contribution < -0.4 is 10.1 Å². The molecule has 1 aromatic carbocycles. The number of hydrogen-bond donors (Lipinski definition) is 1. The standard InChI is InChI=1S/C16H27NO2/c1-7-17-16(13(5)19-8-2)14-9-12(4)15(18-6)10-11(14)3/h9-10,13,16-17H,7-8H2,1-6H3. The first kappa shape index (κ1) is 16.0. The molecule has 0 aliphatic heterocycles. The van der Waals surface area contributed by atoms with Crippen LogP contribution in [0, 0.1) is 13.8 Å². The van der Waals surface area contributed by atoms with Gasteiger partial charge in [-0.2, -0.15) is 0 Å². The number of ether oxygens (including phenoxy) is 2. The summed E-state index contributed by atoms with van der Waals surface area (Å²) in [6.07, 6.45) is 0.149. The van der Waals surface area contributed by atoms with Crippen LogP contribution in [0.5, 0.6) is 5.75 Å². The van der Waals surface area contributed by atoms with Crippen LogP contribution in [0.15, 0.2) is 12.1 Å². The highest BCUT2D eigenvalue weighted by Crippen LogP contribution is 2.29. The van der Waals surface area contributed by atoms with Crippen molar-refractivity contribution < 1.29 is 9.47 Å². The average Bonchev–Trinajstić information content (AvgIpc) is 2.38. The van der Waals surface area contributed by atoms with Gasteiger partial charge in [0.15, 0.2) is 0 Å². The highest BCUT2D eigenvalue weighted by atomic mass is 16.5. The van der Waals surface area contributed by atoms with Crippen molar-refractivity contribution in [2.24, 2.45) is 0 Å². The van der Waals surface area contributed by atoms with Crippen molar-refractivity contribution in [3.05, 3.63) is 28.8 Å². The zero-order valence-electron chi connectivity index (χ0n) is 13.0. The number of methoxy groups -OCH3 is 1. The summed E-state index contributed by atoms with van der Waals surface area (Å²) in [6.45, 7) is 12.1. The summed E-state index contributed by atoms with van der Waals surface area (Å²) in [7, 11) is 1.71. The number of rotatable bonds is 7. The Bertz CT molecular complexity index is 404. The van der Waals surface area contributed by atoms with Gasteiger partial charge < -0.3 is 14.8 Å². The Hall–Kier alpha value is -1.06. The molecule has 0 amide bonds. The predicted octanol–water partition coefficient (Wildman–Crippen LogP) is 3.39. The number of hydrogen-bond acceptors (Lipinski definition) is 3. The molecule has 1 aromatic rings. The van der Waals surface area contributed by atoms with Crippen LogP contribution in [-0.2, 0) is 4.74 Å². The molecule has 0 saturated heterocycles. The fourth-order valence-corrected chi connectivity index (χ4v) is 2.47. The third kappa shape index (κ3) is 3.95. The van der Waals surface area contributed by atoms with E-state index < -0.39 is 0 Å². The lowest BCUT2D eigenvalue weighted by atomic mass is 9.95. The van der Waals surface area contributed by atoms with E-state index in [1.165, 1.54) is 11.1 Å². The van der Waals surface area contributed by atoms with Crippen molar-refractivity contribution in [2.45, 2.75) is 46.8 Å². The molecule has 1 N–H and O–H groups in total. The number of aryl methyl sites for hydroxylation is 2. The van der Waals surface area contributed by atoms with Crippen molar-refractivity contribution in [1.29, 1.82) is 0 Å². The van der Waals surface area contributed by atoms with Crippen LogP contribution >= 0.6 is 0 Å². The van der Waals surface area contributed by atoms with Gasteiger partial charge in [0, 0.05) is 6.61 Å². The fourth-order valence-electron chi connectivity index (χ4n) is 2.47. The number of benzene rings is 1. The van der Waals surface area contributed by atoms with Crippen LogP contribution in [0.25, 0.3) is 0 Å². The van der Waals surface area contributed by atoms with Gasteiger partial charge in [-0.3, -0.25) is 0 Å². The van der Waals surface area contributed by atoms with Gasteiger partial charge >= 0.3 is 0 Å². The Kier molecular flexibility index (Phi) is 6.32. The Labute approximate surface area is 117 Å². The molecule has 0 fully saturated rings. The Balaban J connectivity index is 3.11. The molecule has 108 valence electrons. The van der Waals surface area contributed by atoms with E-state index in [9.17, 15) is 0 Å². The van der Waals surface area contributed by atoms with Gasteiger partial charge in [-0.25, -0.2) is 0 Å². The van der Waals surface area contributed by atoms with Gasteiger partial charge in [0.1, 0.15) is 5.75 Å². The molecule has 0 aromatic heterocycles. The monoisotopic (exact) mass is 265 g/mol. The van der Waals surface area contributed by atoms with E-state index in [0.29, 0.717) is 0 Å². The van der Waals surface area contributed by atoms with Gasteiger partial charge in [0.2, 0.25) is 0 Å². The summed E-state index contributed by atoms with van der Waals surface area (Å²) in [5, 5.41) is 3.52. The van der Waals surface area contributed by atoms with Gasteiger partial charge in [-0.15, -0.1) is 0 Å². The molecule has 0 spiro atoms. The third-order valence-corrected chi connectivity index (χ3v) is 3.44. The molecule has 1 rings (SSSR count). The molecule has 3 nitrogen and oxygen atoms in total. The lowest BCUT2D eigenvalue weighted by Gasteiger charge is -2.27. The van der Waals surface area contributed by atoms with E-state index in [4.69, 9.17) is 9.47 Å². The number of likely N-dealkylation sites (N-methyl/N-ethyl adjacent to an activating group) is 1. The summed E-state index contributed by atoms with van der Waals surface area (Å²) >= 11 is 0. The second-order valence-corrected chi connectivity index (χ2v) is 4.87. The van der Waals surface area contributed by atoms with Crippen LogP contribution in [-0.4, -0.2) is 26.4 Å². The zero-order chi connectivity index (χ0) is 14.4. The van der Waals surface area contributed by atoms with Gasteiger partial charge in [-0.1, -0.05) is 13.0 Å². The van der Waals surface area contributed by atoms with E-state index >= 15 is 0 Å². The Morgan fingerprint density at radius 2 is 1.84 bits per heavy atom. The molecular weight excluding hydrogens is 238 g/mol. The summed E-state index contributed by atoms with van der Waals surface area (Å²) in [5.41, 5.74) is 3.69. The second-order valence-electron chi connectivity index (χ2n) is 4.87. The minimum atomic E-state index is 0.149. The minimum Gasteiger partial charge on any atom is -0.496 e. The maximum Gasteiger partial charge on any atom is 0.122 e. The lowest BCUT2D eigenvalue weighted by molar-refractivity contribution is 0.0475. The van der Waals surface area contributed by atoms with Crippen LogP contribution in [0.4, 0.5) is 0 Å². The summed E-state index contributed by atoms with van der Waals surface area (Å²) in [6, 6.07) is 4.53. The van der Waals surface area contributed by atoms with Crippen molar-refractivity contribution in [1.82, 2.24) is 5.32 Å². The molecular formula is C16H27NO2. The van der Waals surface area contributed by atoms with Crippen molar-refractivity contribution >= 4 is 0 Å². The molecule has 19 heavy (non-hydrogen) atoms. The molecule has 0 aliphatic carbocycles. The highest BCUT2D eigenvalue weighted by Gasteiger charge is 2.21. The summed E-state index contributed by atoms with van der Waals surface area (Å²) in [4.78, 5) is 0. The molecule has 0 saturated carbocycles. The Morgan fingerprint density at radius 1 is 1.16 bits per heavy atom. The van der Waals surface area contributed by atoms with Crippen molar-refractivity contribution in [3.8, 4) is 5.75 Å². The van der Waals surface area contributed by atoms with Crippen LogP contribution in [0.2, 0.25) is 0 Å². The summed E-state index contributed by atoms with van der Waals surface area (Å²) in [5.74, 6) is 0.945. The van der Waals surface area contributed by atoms with E-state index in [-0.39, 0.29) is 12.1 Å². The van der Waals surface area contributed by atoms with E-state index in [0.717, 1.165) is 24.5 Å². The van der Waals surface area contributed by atoms with Gasteiger partial charge in [0.05, 0.1) is 19.3 Å². The topological polar surface area (TPSA) is 30.5 Å². The van der Waals surface area contributed by atoms with Gasteiger partial charge in [-0.05, 0) is 57.0 Å². The molecule has 0 radical (unpaired) electrons. The first-order chi connectivity index (χ1) is 9.04. The maximum absolute atomic E-state index is 5.77. The largest absolute Gasteiger partial charge is 0.496 e. The van der Waals surface area contributed by atoms with Gasteiger partial charge in [0.25, 0.3) is 0 Å².